The number of esters is 1. The van der Waals surface area contributed by atoms with Gasteiger partial charge in [0.15, 0.2) is 5.76 Å². The Morgan fingerprint density at radius 1 is 1.12 bits per heavy atom. The van der Waals surface area contributed by atoms with Gasteiger partial charge in [-0.15, -0.1) is 0 Å². The fourth-order valence-electron chi connectivity index (χ4n) is 3.19. The molecule has 4 aromatic rings. The number of carbonyl (C=O) groups excluding carboxylic acids is 1. The molecule has 0 amide bonds. The van der Waals surface area contributed by atoms with Crippen LogP contribution in [0.2, 0.25) is 0 Å². The van der Waals surface area contributed by atoms with Gasteiger partial charge in [-0.05, 0) is 30.3 Å². The van der Waals surface area contributed by atoms with Crippen LogP contribution in [0, 0.1) is 11.6 Å². The number of rotatable bonds is 5. The maximum Gasteiger partial charge on any atom is 0.344 e. The van der Waals surface area contributed by atoms with Crippen LogP contribution in [0.15, 0.2) is 59.3 Å². The van der Waals surface area contributed by atoms with Crippen LogP contribution in [0.1, 0.15) is 16.1 Å². The summed E-state index contributed by atoms with van der Waals surface area (Å²) in [6, 6.07) is 10.4. The zero-order valence-electron chi connectivity index (χ0n) is 16.2. The summed E-state index contributed by atoms with van der Waals surface area (Å²) in [6.45, 7) is 0. The van der Waals surface area contributed by atoms with Crippen molar-refractivity contribution in [3.63, 3.8) is 0 Å². The van der Waals surface area contributed by atoms with Crippen molar-refractivity contribution < 1.29 is 31.6 Å². The molecule has 0 aliphatic carbocycles. The van der Waals surface area contributed by atoms with E-state index < -0.39 is 27.2 Å². The third kappa shape index (κ3) is 3.87. The SMILES string of the molecule is COC(=O)c1c(-c2ccccc2F)noc1-c1cnn(-c2cccc(F)c2)c1C(F)(F)I. The normalized spacial score (nSPS) is 11.6. The average Bonchev–Trinajstić information content (AvgIpc) is 3.38. The standard InChI is InChI=1S/C21H12F4IN3O3/c1-31-20(30)16-17(13-7-2-3-8-15(13)23)28-32-18(16)14-10-27-29(19(14)21(24,25)26)12-6-4-5-11(22)9-12/h2-10H,1H3. The number of benzene rings is 2. The number of alkyl halides is 3. The van der Waals surface area contributed by atoms with Gasteiger partial charge in [0.2, 0.25) is 0 Å². The van der Waals surface area contributed by atoms with Crippen LogP contribution in [0.4, 0.5) is 17.6 Å². The van der Waals surface area contributed by atoms with E-state index in [0.717, 1.165) is 58.8 Å². The van der Waals surface area contributed by atoms with Gasteiger partial charge >= 0.3 is 9.90 Å². The summed E-state index contributed by atoms with van der Waals surface area (Å²) >= 11 is 0.888. The molecule has 0 aliphatic heterocycles. The van der Waals surface area contributed by atoms with Gasteiger partial charge in [0, 0.05) is 28.2 Å². The molecular formula is C21H12F4IN3O3. The van der Waals surface area contributed by atoms with E-state index in [9.17, 15) is 22.4 Å². The summed E-state index contributed by atoms with van der Waals surface area (Å²) in [5.74, 6) is -2.71. The van der Waals surface area contributed by atoms with E-state index in [0.29, 0.717) is 0 Å². The zero-order chi connectivity index (χ0) is 23.0. The van der Waals surface area contributed by atoms with E-state index >= 15 is 0 Å². The van der Waals surface area contributed by atoms with Crippen molar-refractivity contribution in [3.8, 4) is 28.3 Å². The van der Waals surface area contributed by atoms with Gasteiger partial charge in [-0.1, -0.05) is 23.4 Å². The van der Waals surface area contributed by atoms with Gasteiger partial charge < -0.3 is 9.26 Å². The first-order valence-electron chi connectivity index (χ1n) is 8.96. The minimum atomic E-state index is -3.52. The predicted octanol–water partition coefficient (Wildman–Crippen LogP) is 5.74. The average molecular weight is 557 g/mol. The lowest BCUT2D eigenvalue weighted by atomic mass is 10.0. The van der Waals surface area contributed by atoms with E-state index in [2.05, 4.69) is 10.3 Å². The van der Waals surface area contributed by atoms with Crippen LogP contribution in [0.5, 0.6) is 0 Å². The minimum absolute atomic E-state index is 0.0241. The fraction of sp³-hybridized carbons (Fsp3) is 0.0952. The first kappa shape index (κ1) is 22.0. The van der Waals surface area contributed by atoms with Crippen LogP contribution >= 0.6 is 22.6 Å². The van der Waals surface area contributed by atoms with E-state index in [-0.39, 0.29) is 33.8 Å². The number of aromatic nitrogens is 3. The van der Waals surface area contributed by atoms with Crippen molar-refractivity contribution >= 4 is 28.6 Å². The Kier molecular flexibility index (Phi) is 5.75. The Morgan fingerprint density at radius 2 is 1.88 bits per heavy atom. The van der Waals surface area contributed by atoms with Crippen molar-refractivity contribution in [2.45, 2.75) is 3.93 Å². The zero-order valence-corrected chi connectivity index (χ0v) is 18.3. The highest BCUT2D eigenvalue weighted by Crippen LogP contribution is 2.44. The van der Waals surface area contributed by atoms with Gasteiger partial charge in [-0.25, -0.2) is 18.3 Å². The molecule has 0 radical (unpaired) electrons. The molecular weight excluding hydrogens is 545 g/mol. The second-order valence-electron chi connectivity index (χ2n) is 6.50. The molecule has 0 unspecified atom stereocenters. The molecule has 0 saturated carbocycles. The van der Waals surface area contributed by atoms with Gasteiger partial charge in [-0.2, -0.15) is 13.9 Å². The van der Waals surface area contributed by atoms with Crippen molar-refractivity contribution in [1.82, 2.24) is 14.9 Å². The molecule has 0 N–H and O–H groups in total. The fourth-order valence-corrected chi connectivity index (χ4v) is 3.71. The van der Waals surface area contributed by atoms with Gasteiger partial charge in [-0.3, -0.25) is 0 Å². The molecule has 2 heterocycles. The van der Waals surface area contributed by atoms with Gasteiger partial charge in [0.1, 0.15) is 28.6 Å². The maximum absolute atomic E-state index is 14.7. The van der Waals surface area contributed by atoms with Crippen LogP contribution in [0.25, 0.3) is 28.3 Å². The van der Waals surface area contributed by atoms with E-state index in [4.69, 9.17) is 9.26 Å². The highest BCUT2D eigenvalue weighted by atomic mass is 127. The Bertz CT molecular complexity index is 1310. The van der Waals surface area contributed by atoms with E-state index in [1.807, 2.05) is 0 Å². The highest BCUT2D eigenvalue weighted by Gasteiger charge is 2.39. The largest absolute Gasteiger partial charge is 0.465 e. The van der Waals surface area contributed by atoms with Crippen LogP contribution in [-0.4, -0.2) is 28.0 Å². The lowest BCUT2D eigenvalue weighted by molar-refractivity contribution is 0.0601. The topological polar surface area (TPSA) is 70.2 Å². The first-order chi connectivity index (χ1) is 15.2. The lowest BCUT2D eigenvalue weighted by Gasteiger charge is -2.14. The molecule has 32 heavy (non-hydrogen) atoms. The molecule has 2 aromatic heterocycles. The Labute approximate surface area is 191 Å². The number of ether oxygens (including phenoxy) is 1. The Hall–Kier alpha value is -3.22. The molecule has 0 aliphatic rings. The third-order valence-electron chi connectivity index (χ3n) is 4.55. The molecule has 164 valence electrons. The molecule has 11 heteroatoms. The van der Waals surface area contributed by atoms with Crippen LogP contribution in [0.3, 0.4) is 0 Å². The van der Waals surface area contributed by atoms with E-state index in [1.54, 1.807) is 0 Å². The van der Waals surface area contributed by atoms with Crippen molar-refractivity contribution in [2.24, 2.45) is 0 Å². The summed E-state index contributed by atoms with van der Waals surface area (Å²) < 4.78 is 64.7. The quantitative estimate of drug-likeness (QED) is 0.136. The Morgan fingerprint density at radius 3 is 2.53 bits per heavy atom. The number of hydrogen-bond donors (Lipinski definition) is 0. The highest BCUT2D eigenvalue weighted by molar-refractivity contribution is 14.1. The lowest BCUT2D eigenvalue weighted by Crippen LogP contribution is -2.13. The number of methoxy groups -OCH3 is 1. The number of halogens is 5. The van der Waals surface area contributed by atoms with Gasteiger partial charge in [0.25, 0.3) is 0 Å². The van der Waals surface area contributed by atoms with E-state index in [1.165, 1.54) is 30.3 Å². The third-order valence-corrected chi connectivity index (χ3v) is 5.06. The van der Waals surface area contributed by atoms with Gasteiger partial charge in [0.05, 0.1) is 24.6 Å². The summed E-state index contributed by atoms with van der Waals surface area (Å²) in [6.07, 6.45) is 1.03. The molecule has 0 atom stereocenters. The molecule has 0 fully saturated rings. The molecule has 2 aromatic carbocycles. The molecule has 0 spiro atoms. The van der Waals surface area contributed by atoms with Crippen molar-refractivity contribution in [1.29, 1.82) is 0 Å². The van der Waals surface area contributed by atoms with Crippen LogP contribution in [-0.2, 0) is 8.67 Å². The molecule has 4 rings (SSSR count). The summed E-state index contributed by atoms with van der Waals surface area (Å²) in [4.78, 5) is 12.5. The Balaban J connectivity index is 1.99. The summed E-state index contributed by atoms with van der Waals surface area (Å²) in [7, 11) is 1.08. The maximum atomic E-state index is 14.7. The second-order valence-corrected chi connectivity index (χ2v) is 7.86. The smallest absolute Gasteiger partial charge is 0.344 e. The van der Waals surface area contributed by atoms with Crippen molar-refractivity contribution in [2.75, 3.05) is 7.11 Å². The number of hydrogen-bond acceptors (Lipinski definition) is 5. The minimum Gasteiger partial charge on any atom is -0.465 e. The number of carbonyl (C=O) groups is 1. The first-order valence-corrected chi connectivity index (χ1v) is 10.0. The number of nitrogens with zero attached hydrogens (tertiary/aromatic N) is 3. The second kappa shape index (κ2) is 8.37. The molecule has 0 saturated heterocycles. The predicted molar refractivity (Wildman–Crippen MR) is 114 cm³/mol. The van der Waals surface area contributed by atoms with Crippen molar-refractivity contribution in [3.05, 3.63) is 77.6 Å². The van der Waals surface area contributed by atoms with Crippen LogP contribution < -0.4 is 0 Å². The monoisotopic (exact) mass is 557 g/mol. The molecule has 0 bridgehead atoms. The summed E-state index contributed by atoms with van der Waals surface area (Å²) in [5, 5.41) is 7.70. The molecule has 6 nitrogen and oxygen atoms in total. The summed E-state index contributed by atoms with van der Waals surface area (Å²) in [5.41, 5.74) is -1.60.